The van der Waals surface area contributed by atoms with Crippen molar-refractivity contribution in [2.45, 2.75) is 86.3 Å². The van der Waals surface area contributed by atoms with Crippen molar-refractivity contribution in [1.82, 2.24) is 24.6 Å². The van der Waals surface area contributed by atoms with Crippen molar-refractivity contribution in [3.05, 3.63) is 71.8 Å². The molecule has 2 aromatic rings. The summed E-state index contributed by atoms with van der Waals surface area (Å²) in [6.07, 6.45) is 6.04. The lowest BCUT2D eigenvalue weighted by Gasteiger charge is -2.32. The van der Waals surface area contributed by atoms with Gasteiger partial charge in [0.05, 0.1) is 6.26 Å². The summed E-state index contributed by atoms with van der Waals surface area (Å²) in [5.74, 6) is 0. The van der Waals surface area contributed by atoms with E-state index in [1.807, 2.05) is 34.0 Å². The van der Waals surface area contributed by atoms with Crippen molar-refractivity contribution >= 4 is 52.7 Å². The third-order valence-electron chi connectivity index (χ3n) is 8.81. The lowest BCUT2D eigenvalue weighted by molar-refractivity contribution is -0.0586. The molecule has 62 heavy (non-hydrogen) atoms. The molecule has 2 aromatic carbocycles. The Morgan fingerprint density at radius 3 is 1.29 bits per heavy atom. The normalized spacial score (nSPS) is 18.4. The Hall–Kier alpha value is -2.38. The van der Waals surface area contributed by atoms with Gasteiger partial charge in [-0.2, -0.15) is 56.3 Å². The Bertz CT molecular complexity index is 2010. The summed E-state index contributed by atoms with van der Waals surface area (Å²) in [6.45, 7) is 7.06. The van der Waals surface area contributed by atoms with Crippen LogP contribution in [0.15, 0.2) is 60.7 Å². The van der Waals surface area contributed by atoms with Crippen molar-refractivity contribution in [1.29, 1.82) is 0 Å². The first kappa shape index (κ1) is 57.6. The fraction of sp³-hybridized carbons (Fsp3) is 0.636. The van der Waals surface area contributed by atoms with E-state index in [1.54, 1.807) is 4.72 Å². The first-order valence-electron chi connectivity index (χ1n) is 18.3. The minimum atomic E-state index is -6.85. The number of hydrogen-bond acceptors (Lipinski definition) is 13. The number of nitrogens with one attached hydrogen (secondary N) is 3. The number of halogens is 10. The number of benzene rings is 2. The second-order valence-electron chi connectivity index (χ2n) is 14.0. The van der Waals surface area contributed by atoms with Crippen LogP contribution in [0.4, 0.5) is 39.5 Å². The first-order chi connectivity index (χ1) is 27.9. The molecule has 0 aromatic heterocycles. The van der Waals surface area contributed by atoms with E-state index in [1.165, 1.54) is 11.8 Å². The molecule has 0 bridgehead atoms. The van der Waals surface area contributed by atoms with Crippen molar-refractivity contribution in [2.75, 3.05) is 45.5 Å². The van der Waals surface area contributed by atoms with Gasteiger partial charge >= 0.3 is 46.8 Å². The molecule has 3 saturated heterocycles. The summed E-state index contributed by atoms with van der Waals surface area (Å²) < 4.78 is 195. The van der Waals surface area contributed by atoms with Gasteiger partial charge in [-0.1, -0.05) is 60.7 Å². The molecule has 3 aliphatic rings. The third kappa shape index (κ3) is 21.5. The van der Waals surface area contributed by atoms with E-state index in [2.05, 4.69) is 50.2 Å². The third-order valence-corrected chi connectivity index (χ3v) is 13.4. The zero-order valence-electron chi connectivity index (χ0n) is 33.0. The van der Waals surface area contributed by atoms with Crippen molar-refractivity contribution < 1.29 is 76.8 Å². The van der Waals surface area contributed by atoms with E-state index in [4.69, 9.17) is 5.73 Å². The second-order valence-corrected chi connectivity index (χ2v) is 20.8. The molecule has 360 valence electrons. The summed E-state index contributed by atoms with van der Waals surface area (Å²) in [4.78, 5) is 4.59. The topological polar surface area (TPSA) is 214 Å². The summed E-state index contributed by atoms with van der Waals surface area (Å²) in [5, 5.41) is 3.17. The Morgan fingerprint density at radius 1 is 0.597 bits per heavy atom. The zero-order valence-corrected chi connectivity index (χ0v) is 37.1. The smallest absolute Gasteiger partial charge is 0.328 e. The highest BCUT2D eigenvalue weighted by atomic mass is 35.5. The van der Waals surface area contributed by atoms with Crippen LogP contribution < -0.4 is 20.5 Å². The average Bonchev–Trinajstić information content (AvgIpc) is 3.13. The van der Waals surface area contributed by atoms with Crippen LogP contribution in [0.2, 0.25) is 0 Å². The molecule has 15 nitrogen and oxygen atoms in total. The number of piperidine rings is 3. The fourth-order valence-corrected chi connectivity index (χ4v) is 8.94. The number of rotatable bonds is 10. The highest BCUT2D eigenvalue weighted by Crippen LogP contribution is 2.32. The number of hydrogen-bond donors (Lipinski definition) is 4. The summed E-state index contributed by atoms with van der Waals surface area (Å²) in [5.41, 5.74) is -9.36. The Labute approximate surface area is 362 Å². The summed E-state index contributed by atoms with van der Waals surface area (Å²) >= 11 is 0. The van der Waals surface area contributed by atoms with Crippen LogP contribution in [0.1, 0.15) is 49.7 Å². The van der Waals surface area contributed by atoms with Crippen LogP contribution in [0, 0.1) is 0 Å². The van der Waals surface area contributed by atoms with Gasteiger partial charge in [0.25, 0.3) is 0 Å². The number of nitrogens with zero attached hydrogens (tertiary/aromatic N) is 2. The minimum Gasteiger partial charge on any atom is -0.328 e. The molecular formula is C33H50ClF9N6O9S4. The van der Waals surface area contributed by atoms with E-state index in [9.17, 15) is 73.2 Å². The van der Waals surface area contributed by atoms with Gasteiger partial charge in [0.1, 0.15) is 0 Å². The van der Waals surface area contributed by atoms with E-state index in [0.29, 0.717) is 32.0 Å². The van der Waals surface area contributed by atoms with Crippen molar-refractivity contribution in [2.24, 2.45) is 5.73 Å². The molecule has 0 aliphatic carbocycles. The SMILES string of the molecule is CS(=O)(=O)NC1CCNCC1.Cl.NC1CCN(Cc2ccccc2)CC1.O=S(=O)(NC1CCN(Cc2ccccc2)CC1)C(F)(F)F.O=S(=O)(OS(=O)(=O)C(F)(F)F)C(F)(F)F. The Kier molecular flexibility index (Phi) is 23.0. The highest BCUT2D eigenvalue weighted by molar-refractivity contribution is 8.00. The molecule has 0 spiro atoms. The molecule has 3 fully saturated rings. The average molecular weight is 1010 g/mol. The summed E-state index contributed by atoms with van der Waals surface area (Å²) in [6, 6.07) is 20.3. The van der Waals surface area contributed by atoms with Crippen LogP contribution >= 0.6 is 12.4 Å². The number of likely N-dealkylation sites (tertiary alicyclic amines) is 2. The molecule has 3 aliphatic heterocycles. The molecule has 5 rings (SSSR count). The molecule has 0 unspecified atom stereocenters. The van der Waals surface area contributed by atoms with Crippen LogP contribution in [0.5, 0.6) is 0 Å². The summed E-state index contributed by atoms with van der Waals surface area (Å²) in [7, 11) is -21.9. The van der Waals surface area contributed by atoms with Crippen molar-refractivity contribution in [3.63, 3.8) is 0 Å². The highest BCUT2D eigenvalue weighted by Gasteiger charge is 2.57. The van der Waals surface area contributed by atoms with E-state index < -0.39 is 62.8 Å². The second kappa shape index (κ2) is 24.8. The maximum absolute atomic E-state index is 12.3. The van der Waals surface area contributed by atoms with Gasteiger partial charge in [-0.05, 0) is 75.8 Å². The predicted octanol–water partition coefficient (Wildman–Crippen LogP) is 4.11. The van der Waals surface area contributed by atoms with Gasteiger partial charge < -0.3 is 11.1 Å². The van der Waals surface area contributed by atoms with Crippen LogP contribution in [-0.4, -0.2) is 124 Å². The van der Waals surface area contributed by atoms with Gasteiger partial charge in [-0.25, -0.2) is 26.3 Å². The number of alkyl halides is 9. The van der Waals surface area contributed by atoms with Crippen molar-refractivity contribution in [3.8, 4) is 0 Å². The van der Waals surface area contributed by atoms with Gasteiger partial charge in [0.2, 0.25) is 10.0 Å². The maximum atomic E-state index is 12.3. The molecule has 0 atom stereocenters. The maximum Gasteiger partial charge on any atom is 0.524 e. The molecular weight excluding hydrogens is 959 g/mol. The van der Waals surface area contributed by atoms with Gasteiger partial charge in [-0.3, -0.25) is 9.80 Å². The zero-order chi connectivity index (χ0) is 46.3. The first-order valence-corrected chi connectivity index (χ1v) is 24.5. The molecule has 0 radical (unpaired) electrons. The quantitative estimate of drug-likeness (QED) is 0.195. The van der Waals surface area contributed by atoms with Gasteiger partial charge in [-0.15, -0.1) is 16.0 Å². The largest absolute Gasteiger partial charge is 0.524 e. The molecule has 0 saturated carbocycles. The standard InChI is InChI=1S/C13H17F3N2O2S.C12H18N2.C6H14N2O2S.C2F6O5S2.ClH/c14-13(15,16)21(19,20)17-12-6-8-18(9-7-12)10-11-4-2-1-3-5-11;13-12-6-8-14(9-7-12)10-11-4-2-1-3-5-11;1-11(9,10)8-6-2-4-7-5-3-6;3-1(4,5)14(9,10)13-15(11,12)2(6,7)8;/h1-5,12,17H,6-10H2;1-5,12H,6-10,13H2;6-8H,2-5H2,1H3;;1H. The van der Waals surface area contributed by atoms with E-state index in [-0.39, 0.29) is 18.4 Å². The molecule has 3 heterocycles. The van der Waals surface area contributed by atoms with E-state index in [0.717, 1.165) is 70.5 Å². The van der Waals surface area contributed by atoms with Crippen LogP contribution in [0.25, 0.3) is 0 Å². The lowest BCUT2D eigenvalue weighted by Crippen LogP contribution is -2.47. The Morgan fingerprint density at radius 2 is 0.952 bits per heavy atom. The van der Waals surface area contributed by atoms with Gasteiger partial charge in [0, 0.05) is 44.3 Å². The van der Waals surface area contributed by atoms with Crippen LogP contribution in [0.3, 0.4) is 0 Å². The fourth-order valence-electron chi connectivity index (χ4n) is 5.73. The molecule has 0 amide bonds. The molecule has 29 heteroatoms. The van der Waals surface area contributed by atoms with Crippen LogP contribution in [-0.2, 0) is 57.0 Å². The lowest BCUT2D eigenvalue weighted by atomic mass is 10.1. The number of nitrogens with two attached hydrogens (primary N) is 1. The van der Waals surface area contributed by atoms with E-state index >= 15 is 0 Å². The molecule has 5 N–H and O–H groups in total. The number of sulfonamides is 2. The predicted molar refractivity (Wildman–Crippen MR) is 214 cm³/mol. The monoisotopic (exact) mass is 1010 g/mol. The minimum absolute atomic E-state index is 0. The Balaban J connectivity index is 0.000000422. The van der Waals surface area contributed by atoms with Gasteiger partial charge in [0.15, 0.2) is 0 Å².